The van der Waals surface area contributed by atoms with Crippen molar-refractivity contribution in [3.05, 3.63) is 66.0 Å². The van der Waals surface area contributed by atoms with E-state index in [1.165, 1.54) is 29.3 Å². The van der Waals surface area contributed by atoms with Crippen LogP contribution in [0.2, 0.25) is 0 Å². The van der Waals surface area contributed by atoms with Crippen molar-refractivity contribution >= 4 is 29.5 Å². The van der Waals surface area contributed by atoms with Crippen LogP contribution in [0.25, 0.3) is 5.69 Å². The second-order valence-electron chi connectivity index (χ2n) is 5.54. The Hall–Kier alpha value is -2.25. The molecule has 0 N–H and O–H groups in total. The molecule has 0 radical (unpaired) electrons. The average Bonchev–Trinajstić information content (AvgIpc) is 3.09. The molecule has 0 fully saturated rings. The van der Waals surface area contributed by atoms with E-state index in [9.17, 15) is 4.79 Å². The van der Waals surface area contributed by atoms with Crippen LogP contribution in [0, 0.1) is 6.92 Å². The first-order chi connectivity index (χ1) is 12.7. The summed E-state index contributed by atoms with van der Waals surface area (Å²) in [5.74, 6) is 1.44. The molecule has 134 valence electrons. The first-order valence-electron chi connectivity index (χ1n) is 8.06. The number of hydrogen-bond donors (Lipinski definition) is 0. The van der Waals surface area contributed by atoms with Gasteiger partial charge in [0.15, 0.2) is 5.16 Å². The maximum absolute atomic E-state index is 11.5. The van der Waals surface area contributed by atoms with Crippen LogP contribution < -0.4 is 0 Å². The number of benzene rings is 2. The lowest BCUT2D eigenvalue weighted by molar-refractivity contribution is -0.137. The Morgan fingerprint density at radius 2 is 1.77 bits per heavy atom. The van der Waals surface area contributed by atoms with Crippen molar-refractivity contribution in [1.82, 2.24) is 14.8 Å². The highest BCUT2D eigenvalue weighted by Gasteiger charge is 2.16. The molecule has 0 amide bonds. The molecule has 0 spiro atoms. The molecule has 0 saturated carbocycles. The summed E-state index contributed by atoms with van der Waals surface area (Å²) in [5.41, 5.74) is 2.22. The second kappa shape index (κ2) is 8.91. The topological polar surface area (TPSA) is 57.0 Å². The molecule has 3 rings (SSSR count). The molecule has 1 heterocycles. The molecular formula is C19H19N3O2S2. The number of ether oxygens (including phenoxy) is 1. The third-order valence-corrected chi connectivity index (χ3v) is 5.56. The van der Waals surface area contributed by atoms with Gasteiger partial charge in [0, 0.05) is 10.6 Å². The molecule has 0 saturated heterocycles. The average molecular weight is 386 g/mol. The molecule has 0 aliphatic rings. The minimum atomic E-state index is -0.284. The van der Waals surface area contributed by atoms with Crippen LogP contribution in [-0.4, -0.2) is 33.6 Å². The zero-order valence-electron chi connectivity index (χ0n) is 14.6. The van der Waals surface area contributed by atoms with Gasteiger partial charge in [-0.25, -0.2) is 0 Å². The van der Waals surface area contributed by atoms with E-state index in [1.54, 1.807) is 11.8 Å². The smallest absolute Gasteiger partial charge is 0.316 e. The number of hydrogen-bond acceptors (Lipinski definition) is 6. The second-order valence-corrected chi connectivity index (χ2v) is 7.53. The zero-order valence-corrected chi connectivity index (χ0v) is 16.2. The van der Waals surface area contributed by atoms with Crippen LogP contribution in [0.3, 0.4) is 0 Å². The van der Waals surface area contributed by atoms with E-state index >= 15 is 0 Å². The van der Waals surface area contributed by atoms with Gasteiger partial charge in [-0.15, -0.1) is 22.0 Å². The molecule has 0 aliphatic carbocycles. The van der Waals surface area contributed by atoms with Crippen molar-refractivity contribution in [2.24, 2.45) is 0 Å². The Bertz CT molecular complexity index is 864. The van der Waals surface area contributed by atoms with Gasteiger partial charge < -0.3 is 4.74 Å². The molecule has 7 heteroatoms. The molecule has 5 nitrogen and oxygen atoms in total. The Morgan fingerprint density at radius 3 is 2.46 bits per heavy atom. The minimum Gasteiger partial charge on any atom is -0.468 e. The molecule has 0 bridgehead atoms. The standard InChI is InChI=1S/C19H19N3O2S2/c1-14-8-10-16(11-9-14)25-12-17-20-21-19(26-13-18(23)24-2)22(17)15-6-4-3-5-7-15/h3-11H,12-13H2,1-2H3. The van der Waals surface area contributed by atoms with Crippen LogP contribution in [0.5, 0.6) is 0 Å². The zero-order chi connectivity index (χ0) is 18.4. The maximum Gasteiger partial charge on any atom is 0.316 e. The summed E-state index contributed by atoms with van der Waals surface area (Å²) in [6.07, 6.45) is 0. The third-order valence-electron chi connectivity index (χ3n) is 3.65. The van der Waals surface area contributed by atoms with Crippen molar-refractivity contribution < 1.29 is 9.53 Å². The van der Waals surface area contributed by atoms with Crippen LogP contribution in [0.15, 0.2) is 64.6 Å². The van der Waals surface area contributed by atoms with Gasteiger partial charge in [0.05, 0.1) is 18.6 Å². The molecule has 0 unspecified atom stereocenters. The maximum atomic E-state index is 11.5. The number of para-hydroxylation sites is 1. The van der Waals surface area contributed by atoms with Crippen molar-refractivity contribution in [3.8, 4) is 5.69 Å². The van der Waals surface area contributed by atoms with Gasteiger partial charge in [-0.05, 0) is 31.2 Å². The van der Waals surface area contributed by atoms with Crippen molar-refractivity contribution in [2.45, 2.75) is 22.7 Å². The third kappa shape index (κ3) is 4.68. The highest BCUT2D eigenvalue weighted by Crippen LogP contribution is 2.27. The lowest BCUT2D eigenvalue weighted by Gasteiger charge is -2.10. The Labute approximate surface area is 161 Å². The summed E-state index contributed by atoms with van der Waals surface area (Å²) < 4.78 is 6.71. The number of carbonyl (C=O) groups is 1. The van der Waals surface area contributed by atoms with Crippen LogP contribution >= 0.6 is 23.5 Å². The fourth-order valence-corrected chi connectivity index (χ4v) is 3.90. The number of thioether (sulfide) groups is 2. The largest absolute Gasteiger partial charge is 0.468 e. The Morgan fingerprint density at radius 1 is 1.04 bits per heavy atom. The predicted octanol–water partition coefficient (Wildman–Crippen LogP) is 4.13. The molecular weight excluding hydrogens is 366 g/mol. The monoisotopic (exact) mass is 385 g/mol. The summed E-state index contributed by atoms with van der Waals surface area (Å²) in [5, 5.41) is 9.31. The molecule has 3 aromatic rings. The predicted molar refractivity (Wildman–Crippen MR) is 105 cm³/mol. The molecule has 1 aromatic heterocycles. The van der Waals surface area contributed by atoms with Crippen molar-refractivity contribution in [1.29, 1.82) is 0 Å². The first kappa shape index (κ1) is 18.5. The molecule has 0 atom stereocenters. The fraction of sp³-hybridized carbons (Fsp3) is 0.211. The van der Waals surface area contributed by atoms with E-state index in [1.807, 2.05) is 34.9 Å². The van der Waals surface area contributed by atoms with Crippen molar-refractivity contribution in [2.75, 3.05) is 12.9 Å². The quantitative estimate of drug-likeness (QED) is 0.450. The van der Waals surface area contributed by atoms with Gasteiger partial charge in [-0.3, -0.25) is 9.36 Å². The first-order valence-corrected chi connectivity index (χ1v) is 10.0. The number of methoxy groups -OCH3 is 1. The Kier molecular flexibility index (Phi) is 6.35. The van der Waals surface area contributed by atoms with Gasteiger partial charge in [-0.1, -0.05) is 47.7 Å². The Balaban J connectivity index is 1.83. The van der Waals surface area contributed by atoms with Gasteiger partial charge in [0.25, 0.3) is 0 Å². The summed E-state index contributed by atoms with van der Waals surface area (Å²) >= 11 is 3.03. The van der Waals surface area contributed by atoms with Gasteiger partial charge >= 0.3 is 5.97 Å². The van der Waals surface area contributed by atoms with E-state index in [4.69, 9.17) is 4.74 Å². The number of aromatic nitrogens is 3. The molecule has 0 aliphatic heterocycles. The SMILES string of the molecule is COC(=O)CSc1nnc(CSc2ccc(C)cc2)n1-c1ccccc1. The summed E-state index contributed by atoms with van der Waals surface area (Å²) in [7, 11) is 1.38. The molecule has 2 aromatic carbocycles. The van der Waals surface area contributed by atoms with E-state index in [0.717, 1.165) is 11.5 Å². The number of aryl methyl sites for hydroxylation is 1. The lowest BCUT2D eigenvalue weighted by atomic mass is 10.2. The van der Waals surface area contributed by atoms with Crippen LogP contribution in [-0.2, 0) is 15.3 Å². The van der Waals surface area contributed by atoms with Crippen LogP contribution in [0.1, 0.15) is 11.4 Å². The van der Waals surface area contributed by atoms with E-state index in [2.05, 4.69) is 41.4 Å². The normalized spacial score (nSPS) is 10.7. The lowest BCUT2D eigenvalue weighted by Crippen LogP contribution is -2.06. The van der Waals surface area contributed by atoms with Crippen molar-refractivity contribution in [3.63, 3.8) is 0 Å². The van der Waals surface area contributed by atoms with E-state index < -0.39 is 0 Å². The number of carbonyl (C=O) groups excluding carboxylic acids is 1. The van der Waals surface area contributed by atoms with E-state index in [0.29, 0.717) is 10.9 Å². The number of esters is 1. The number of rotatable bonds is 7. The highest BCUT2D eigenvalue weighted by atomic mass is 32.2. The van der Waals surface area contributed by atoms with Crippen LogP contribution in [0.4, 0.5) is 0 Å². The summed E-state index contributed by atoms with van der Waals surface area (Å²) in [6.45, 7) is 2.07. The van der Waals surface area contributed by atoms with Gasteiger partial charge in [-0.2, -0.15) is 0 Å². The van der Waals surface area contributed by atoms with E-state index in [-0.39, 0.29) is 11.7 Å². The molecule has 26 heavy (non-hydrogen) atoms. The summed E-state index contributed by atoms with van der Waals surface area (Å²) in [6, 6.07) is 18.3. The summed E-state index contributed by atoms with van der Waals surface area (Å²) in [4.78, 5) is 12.7. The minimum absolute atomic E-state index is 0.201. The van der Waals surface area contributed by atoms with Gasteiger partial charge in [0.1, 0.15) is 5.82 Å². The van der Waals surface area contributed by atoms with Gasteiger partial charge in [0.2, 0.25) is 0 Å². The fourth-order valence-electron chi connectivity index (χ4n) is 2.29. The highest BCUT2D eigenvalue weighted by molar-refractivity contribution is 7.99. The number of nitrogens with zero attached hydrogens (tertiary/aromatic N) is 3.